The maximum atomic E-state index is 12.9. The fourth-order valence-electron chi connectivity index (χ4n) is 4.17. The Labute approximate surface area is 171 Å². The standard InChI is InChI=1S/C23H27N3O3/c1-24-22(28)23(16-26(12-13-29-23)21(27)19-5-3-6-19)15-17-4-2-7-20(14-17)18-8-10-25-11-9-18/h2,4,7-11,14,19H,3,5-6,12-13,15-16H2,1H3,(H,24,28). The second kappa shape index (κ2) is 8.33. The van der Waals surface area contributed by atoms with Crippen molar-refractivity contribution in [3.05, 3.63) is 54.4 Å². The first kappa shape index (κ1) is 19.6. The Morgan fingerprint density at radius 1 is 1.21 bits per heavy atom. The summed E-state index contributed by atoms with van der Waals surface area (Å²) >= 11 is 0. The number of rotatable bonds is 5. The van der Waals surface area contributed by atoms with E-state index in [2.05, 4.69) is 16.4 Å². The summed E-state index contributed by atoms with van der Waals surface area (Å²) in [5.74, 6) is 0.0989. The van der Waals surface area contributed by atoms with Crippen molar-refractivity contribution >= 4 is 11.8 Å². The van der Waals surface area contributed by atoms with Gasteiger partial charge in [0.05, 0.1) is 13.2 Å². The van der Waals surface area contributed by atoms with Crippen LogP contribution in [0, 0.1) is 5.92 Å². The van der Waals surface area contributed by atoms with Gasteiger partial charge in [0, 0.05) is 38.3 Å². The Balaban J connectivity index is 1.59. The van der Waals surface area contributed by atoms with Crippen molar-refractivity contribution in [2.45, 2.75) is 31.3 Å². The van der Waals surface area contributed by atoms with Crippen LogP contribution in [0.15, 0.2) is 48.8 Å². The molecule has 0 radical (unpaired) electrons. The van der Waals surface area contributed by atoms with E-state index in [1.54, 1.807) is 19.4 Å². The molecule has 0 spiro atoms. The lowest BCUT2D eigenvalue weighted by atomic mass is 9.83. The summed E-state index contributed by atoms with van der Waals surface area (Å²) < 4.78 is 6.06. The first-order valence-electron chi connectivity index (χ1n) is 10.3. The van der Waals surface area contributed by atoms with E-state index in [4.69, 9.17) is 4.74 Å². The van der Waals surface area contributed by atoms with Crippen LogP contribution in [0.2, 0.25) is 0 Å². The van der Waals surface area contributed by atoms with E-state index in [1.165, 1.54) is 0 Å². The molecule has 2 amide bonds. The molecule has 6 heteroatoms. The number of amides is 2. The van der Waals surface area contributed by atoms with E-state index in [-0.39, 0.29) is 17.7 Å². The highest BCUT2D eigenvalue weighted by Crippen LogP contribution is 2.32. The molecular weight excluding hydrogens is 366 g/mol. The lowest BCUT2D eigenvalue weighted by Crippen LogP contribution is -2.62. The molecule has 1 N–H and O–H groups in total. The number of hydrogen-bond acceptors (Lipinski definition) is 4. The van der Waals surface area contributed by atoms with E-state index in [9.17, 15) is 9.59 Å². The van der Waals surface area contributed by atoms with Gasteiger partial charge >= 0.3 is 0 Å². The quantitative estimate of drug-likeness (QED) is 0.847. The van der Waals surface area contributed by atoms with Gasteiger partial charge < -0.3 is 15.0 Å². The number of likely N-dealkylation sites (N-methyl/N-ethyl adjacent to an activating group) is 1. The molecule has 1 unspecified atom stereocenters. The highest BCUT2D eigenvalue weighted by atomic mass is 16.5. The van der Waals surface area contributed by atoms with Gasteiger partial charge in [-0.3, -0.25) is 14.6 Å². The molecule has 1 aromatic carbocycles. The third kappa shape index (κ3) is 4.03. The van der Waals surface area contributed by atoms with Gasteiger partial charge in [-0.2, -0.15) is 0 Å². The predicted octanol–water partition coefficient (Wildman–Crippen LogP) is 2.43. The molecule has 1 aliphatic carbocycles. The summed E-state index contributed by atoms with van der Waals surface area (Å²) in [4.78, 5) is 31.6. The molecule has 1 saturated heterocycles. The molecule has 0 bridgehead atoms. The SMILES string of the molecule is CNC(=O)C1(Cc2cccc(-c3ccncc3)c2)CN(C(=O)C2CCC2)CCO1. The number of benzene rings is 1. The number of nitrogens with zero attached hydrogens (tertiary/aromatic N) is 2. The van der Waals surface area contributed by atoms with Crippen LogP contribution in [0.5, 0.6) is 0 Å². The highest BCUT2D eigenvalue weighted by Gasteiger charge is 2.45. The smallest absolute Gasteiger partial charge is 0.254 e. The monoisotopic (exact) mass is 393 g/mol. The highest BCUT2D eigenvalue weighted by molar-refractivity contribution is 5.87. The van der Waals surface area contributed by atoms with Gasteiger partial charge in [0.2, 0.25) is 5.91 Å². The van der Waals surface area contributed by atoms with Crippen molar-refractivity contribution < 1.29 is 14.3 Å². The van der Waals surface area contributed by atoms with Crippen LogP contribution >= 0.6 is 0 Å². The lowest BCUT2D eigenvalue weighted by Gasteiger charge is -2.43. The number of nitrogens with one attached hydrogen (secondary N) is 1. The van der Waals surface area contributed by atoms with Crippen molar-refractivity contribution in [3.8, 4) is 11.1 Å². The van der Waals surface area contributed by atoms with Crippen molar-refractivity contribution in [2.75, 3.05) is 26.7 Å². The van der Waals surface area contributed by atoms with Crippen LogP contribution in [0.3, 0.4) is 0 Å². The van der Waals surface area contributed by atoms with E-state index >= 15 is 0 Å². The fraction of sp³-hybridized carbons (Fsp3) is 0.435. The van der Waals surface area contributed by atoms with Crippen LogP contribution in [0.4, 0.5) is 0 Å². The molecular formula is C23H27N3O3. The molecule has 1 saturated carbocycles. The van der Waals surface area contributed by atoms with Crippen LogP contribution in [0.1, 0.15) is 24.8 Å². The maximum Gasteiger partial charge on any atom is 0.254 e. The van der Waals surface area contributed by atoms with Gasteiger partial charge in [0.25, 0.3) is 5.91 Å². The van der Waals surface area contributed by atoms with Crippen molar-refractivity contribution in [1.82, 2.24) is 15.2 Å². The molecule has 1 aromatic heterocycles. The zero-order chi connectivity index (χ0) is 20.3. The van der Waals surface area contributed by atoms with E-state index in [0.29, 0.717) is 26.1 Å². The van der Waals surface area contributed by atoms with E-state index in [1.807, 2.05) is 35.2 Å². The van der Waals surface area contributed by atoms with Crippen molar-refractivity contribution in [1.29, 1.82) is 0 Å². The number of ether oxygens (including phenoxy) is 1. The maximum absolute atomic E-state index is 12.9. The first-order chi connectivity index (χ1) is 14.1. The van der Waals surface area contributed by atoms with Gasteiger partial charge in [0.1, 0.15) is 0 Å². The van der Waals surface area contributed by atoms with Crippen LogP contribution in [-0.4, -0.2) is 54.0 Å². The number of pyridine rings is 1. The van der Waals surface area contributed by atoms with E-state index < -0.39 is 5.60 Å². The number of carbonyl (C=O) groups excluding carboxylic acids is 2. The Morgan fingerprint density at radius 3 is 2.69 bits per heavy atom. The summed E-state index contributed by atoms with van der Waals surface area (Å²) in [6.45, 7) is 1.21. The first-order valence-corrected chi connectivity index (χ1v) is 10.3. The molecule has 2 heterocycles. The summed E-state index contributed by atoms with van der Waals surface area (Å²) in [6.07, 6.45) is 6.97. The van der Waals surface area contributed by atoms with Gasteiger partial charge in [-0.1, -0.05) is 30.7 Å². The topological polar surface area (TPSA) is 71.5 Å². The molecule has 2 fully saturated rings. The van der Waals surface area contributed by atoms with E-state index in [0.717, 1.165) is 36.0 Å². The molecule has 2 aromatic rings. The van der Waals surface area contributed by atoms with Gasteiger partial charge in [-0.05, 0) is 41.7 Å². The molecule has 29 heavy (non-hydrogen) atoms. The van der Waals surface area contributed by atoms with Crippen molar-refractivity contribution in [3.63, 3.8) is 0 Å². The minimum Gasteiger partial charge on any atom is -0.361 e. The summed E-state index contributed by atoms with van der Waals surface area (Å²) in [5, 5.41) is 2.75. The Bertz CT molecular complexity index is 882. The molecule has 6 nitrogen and oxygen atoms in total. The molecule has 1 aliphatic heterocycles. The molecule has 152 valence electrons. The number of morpholine rings is 1. The number of hydrogen-bond donors (Lipinski definition) is 1. The second-order valence-electron chi connectivity index (χ2n) is 7.92. The molecule has 2 aliphatic rings. The molecule has 1 atom stereocenters. The Kier molecular flexibility index (Phi) is 5.62. The lowest BCUT2D eigenvalue weighted by molar-refractivity contribution is -0.168. The van der Waals surface area contributed by atoms with Gasteiger partial charge in [0.15, 0.2) is 5.60 Å². The summed E-state index contributed by atoms with van der Waals surface area (Å²) in [6, 6.07) is 12.0. The second-order valence-corrected chi connectivity index (χ2v) is 7.92. The van der Waals surface area contributed by atoms with Gasteiger partial charge in [-0.25, -0.2) is 0 Å². The Morgan fingerprint density at radius 2 is 2.00 bits per heavy atom. The van der Waals surface area contributed by atoms with Crippen molar-refractivity contribution in [2.24, 2.45) is 5.92 Å². The number of aromatic nitrogens is 1. The summed E-state index contributed by atoms with van der Waals surface area (Å²) in [7, 11) is 1.62. The third-order valence-corrected chi connectivity index (χ3v) is 6.02. The molecule has 4 rings (SSSR count). The van der Waals surface area contributed by atoms with Gasteiger partial charge in [-0.15, -0.1) is 0 Å². The largest absolute Gasteiger partial charge is 0.361 e. The predicted molar refractivity (Wildman–Crippen MR) is 110 cm³/mol. The minimum atomic E-state index is -1.07. The minimum absolute atomic E-state index is 0.116. The zero-order valence-corrected chi connectivity index (χ0v) is 16.8. The average molecular weight is 393 g/mol. The fourth-order valence-corrected chi connectivity index (χ4v) is 4.17. The van der Waals surface area contributed by atoms with Crippen LogP contribution in [-0.2, 0) is 20.7 Å². The van der Waals surface area contributed by atoms with Crippen LogP contribution < -0.4 is 5.32 Å². The normalized spacial score (nSPS) is 22.0. The third-order valence-electron chi connectivity index (χ3n) is 6.02. The average Bonchev–Trinajstić information content (AvgIpc) is 2.73. The van der Waals surface area contributed by atoms with Crippen LogP contribution in [0.25, 0.3) is 11.1 Å². The number of carbonyl (C=O) groups is 2. The Hall–Kier alpha value is -2.73. The zero-order valence-electron chi connectivity index (χ0n) is 16.8. The summed E-state index contributed by atoms with van der Waals surface area (Å²) in [5.41, 5.74) is 2.07.